The van der Waals surface area contributed by atoms with Crippen molar-refractivity contribution in [2.24, 2.45) is 0 Å². The fourth-order valence-corrected chi connectivity index (χ4v) is 2.09. The van der Waals surface area contributed by atoms with E-state index < -0.39 is 0 Å². The van der Waals surface area contributed by atoms with E-state index in [0.717, 1.165) is 22.4 Å². The molecule has 1 N–H and O–H groups in total. The van der Waals surface area contributed by atoms with Crippen molar-refractivity contribution in [2.45, 2.75) is 13.5 Å². The van der Waals surface area contributed by atoms with Crippen molar-refractivity contribution in [1.82, 2.24) is 15.0 Å². The fourth-order valence-electron chi connectivity index (χ4n) is 2.09. The zero-order valence-corrected chi connectivity index (χ0v) is 10.7. The smallest absolute Gasteiger partial charge is 0.137 e. The molecule has 0 spiro atoms. The van der Waals surface area contributed by atoms with Crippen molar-refractivity contribution in [3.05, 3.63) is 60.2 Å². The van der Waals surface area contributed by atoms with Crippen LogP contribution in [0.2, 0.25) is 0 Å². The first-order chi connectivity index (χ1) is 9.34. The van der Waals surface area contributed by atoms with Gasteiger partial charge in [-0.2, -0.15) is 0 Å². The number of aryl methyl sites for hydroxylation is 1. The fraction of sp³-hybridized carbons (Fsp3) is 0.133. The number of aromatic nitrogens is 3. The standard InChI is InChI=1S/C15H14N4/c1-11-5-4-7-13-14(11)15(19-10-18-13)17-9-12-6-2-3-8-16-12/h2-8,10H,9H2,1H3,(H,17,18,19). The van der Waals surface area contributed by atoms with E-state index in [-0.39, 0.29) is 0 Å². The molecule has 3 aromatic rings. The Kier molecular flexibility index (Phi) is 3.06. The molecular formula is C15H14N4. The van der Waals surface area contributed by atoms with Gasteiger partial charge in [0.15, 0.2) is 0 Å². The van der Waals surface area contributed by atoms with E-state index in [9.17, 15) is 0 Å². The van der Waals surface area contributed by atoms with Crippen LogP contribution in [0.4, 0.5) is 5.82 Å². The molecule has 0 atom stereocenters. The quantitative estimate of drug-likeness (QED) is 0.776. The zero-order valence-electron chi connectivity index (χ0n) is 10.7. The third-order valence-electron chi connectivity index (χ3n) is 3.03. The number of nitrogens with zero attached hydrogens (tertiary/aromatic N) is 3. The van der Waals surface area contributed by atoms with Gasteiger partial charge in [-0.1, -0.05) is 18.2 Å². The third-order valence-corrected chi connectivity index (χ3v) is 3.03. The second-order valence-corrected chi connectivity index (χ2v) is 4.37. The first-order valence-corrected chi connectivity index (χ1v) is 6.19. The largest absolute Gasteiger partial charge is 0.364 e. The number of nitrogens with one attached hydrogen (secondary N) is 1. The van der Waals surface area contributed by atoms with E-state index in [2.05, 4.69) is 33.3 Å². The highest BCUT2D eigenvalue weighted by Gasteiger charge is 2.05. The van der Waals surface area contributed by atoms with Crippen LogP contribution in [0, 0.1) is 6.92 Å². The van der Waals surface area contributed by atoms with Gasteiger partial charge in [-0.05, 0) is 30.7 Å². The summed E-state index contributed by atoms with van der Waals surface area (Å²) in [6.45, 7) is 2.72. The van der Waals surface area contributed by atoms with Crippen LogP contribution in [0.1, 0.15) is 11.3 Å². The molecule has 4 nitrogen and oxygen atoms in total. The minimum atomic E-state index is 0.654. The highest BCUT2D eigenvalue weighted by molar-refractivity contribution is 5.91. The van der Waals surface area contributed by atoms with E-state index in [1.807, 2.05) is 30.3 Å². The van der Waals surface area contributed by atoms with Crippen molar-refractivity contribution in [3.8, 4) is 0 Å². The molecule has 4 heteroatoms. The van der Waals surface area contributed by atoms with Gasteiger partial charge < -0.3 is 5.32 Å². The Morgan fingerprint density at radius 3 is 2.79 bits per heavy atom. The SMILES string of the molecule is Cc1cccc2ncnc(NCc3ccccn3)c12. The van der Waals surface area contributed by atoms with Gasteiger partial charge in [0.25, 0.3) is 0 Å². The van der Waals surface area contributed by atoms with Gasteiger partial charge >= 0.3 is 0 Å². The van der Waals surface area contributed by atoms with Crippen molar-refractivity contribution in [3.63, 3.8) is 0 Å². The molecule has 2 heterocycles. The minimum Gasteiger partial charge on any atom is -0.364 e. The Hall–Kier alpha value is -2.49. The molecule has 0 aliphatic heterocycles. The van der Waals surface area contributed by atoms with Crippen molar-refractivity contribution < 1.29 is 0 Å². The molecule has 3 rings (SSSR count). The van der Waals surface area contributed by atoms with Crippen LogP contribution < -0.4 is 5.32 Å². The summed E-state index contributed by atoms with van der Waals surface area (Å²) in [7, 11) is 0. The maximum absolute atomic E-state index is 4.33. The Labute approximate surface area is 111 Å². The van der Waals surface area contributed by atoms with E-state index >= 15 is 0 Å². The molecule has 0 fully saturated rings. The van der Waals surface area contributed by atoms with Crippen molar-refractivity contribution >= 4 is 16.7 Å². The molecule has 0 amide bonds. The number of hydrogen-bond acceptors (Lipinski definition) is 4. The first-order valence-electron chi connectivity index (χ1n) is 6.19. The lowest BCUT2D eigenvalue weighted by atomic mass is 10.1. The number of fused-ring (bicyclic) bond motifs is 1. The number of anilines is 1. The third kappa shape index (κ3) is 2.38. The molecule has 0 radical (unpaired) electrons. The molecule has 0 unspecified atom stereocenters. The highest BCUT2D eigenvalue weighted by Crippen LogP contribution is 2.22. The Morgan fingerprint density at radius 2 is 1.95 bits per heavy atom. The Morgan fingerprint density at radius 1 is 1.00 bits per heavy atom. The van der Waals surface area contributed by atoms with E-state index in [1.54, 1.807) is 12.5 Å². The Balaban J connectivity index is 1.93. The molecule has 0 saturated heterocycles. The zero-order chi connectivity index (χ0) is 13.1. The number of pyridine rings is 1. The van der Waals surface area contributed by atoms with Crippen LogP contribution >= 0.6 is 0 Å². The average molecular weight is 250 g/mol. The van der Waals surface area contributed by atoms with Crippen LogP contribution in [-0.2, 0) is 6.54 Å². The lowest BCUT2D eigenvalue weighted by Crippen LogP contribution is -2.04. The normalized spacial score (nSPS) is 10.6. The van der Waals surface area contributed by atoms with E-state index in [0.29, 0.717) is 6.54 Å². The molecule has 94 valence electrons. The molecular weight excluding hydrogens is 236 g/mol. The molecule has 1 aromatic carbocycles. The van der Waals surface area contributed by atoms with Crippen molar-refractivity contribution in [1.29, 1.82) is 0 Å². The summed E-state index contributed by atoms with van der Waals surface area (Å²) in [5.74, 6) is 0.855. The lowest BCUT2D eigenvalue weighted by Gasteiger charge is -2.09. The van der Waals surface area contributed by atoms with Crippen LogP contribution in [-0.4, -0.2) is 15.0 Å². The molecule has 0 saturated carbocycles. The second-order valence-electron chi connectivity index (χ2n) is 4.37. The van der Waals surface area contributed by atoms with Gasteiger partial charge in [-0.3, -0.25) is 4.98 Å². The van der Waals surface area contributed by atoms with E-state index in [4.69, 9.17) is 0 Å². The number of hydrogen-bond donors (Lipinski definition) is 1. The maximum Gasteiger partial charge on any atom is 0.137 e. The summed E-state index contributed by atoms with van der Waals surface area (Å²) in [6, 6.07) is 11.9. The molecule has 0 aliphatic rings. The first kappa shape index (κ1) is 11.6. The monoisotopic (exact) mass is 250 g/mol. The van der Waals surface area contributed by atoms with Crippen LogP contribution in [0.3, 0.4) is 0 Å². The lowest BCUT2D eigenvalue weighted by molar-refractivity contribution is 1.03. The van der Waals surface area contributed by atoms with Gasteiger partial charge in [-0.25, -0.2) is 9.97 Å². The summed E-state index contributed by atoms with van der Waals surface area (Å²) in [6.07, 6.45) is 3.38. The maximum atomic E-state index is 4.33. The number of rotatable bonds is 3. The van der Waals surface area contributed by atoms with Gasteiger partial charge in [0.1, 0.15) is 12.1 Å². The highest BCUT2D eigenvalue weighted by atomic mass is 15.0. The minimum absolute atomic E-state index is 0.654. The second kappa shape index (κ2) is 5.02. The predicted octanol–water partition coefficient (Wildman–Crippen LogP) is 2.95. The van der Waals surface area contributed by atoms with Gasteiger partial charge in [0.05, 0.1) is 17.8 Å². The molecule has 2 aromatic heterocycles. The van der Waals surface area contributed by atoms with Crippen LogP contribution in [0.25, 0.3) is 10.9 Å². The topological polar surface area (TPSA) is 50.7 Å². The molecule has 0 aliphatic carbocycles. The summed E-state index contributed by atoms with van der Waals surface area (Å²) in [5.41, 5.74) is 3.11. The van der Waals surface area contributed by atoms with Crippen molar-refractivity contribution in [2.75, 3.05) is 5.32 Å². The summed E-state index contributed by atoms with van der Waals surface area (Å²) in [4.78, 5) is 12.9. The summed E-state index contributed by atoms with van der Waals surface area (Å²) in [5, 5.41) is 4.40. The summed E-state index contributed by atoms with van der Waals surface area (Å²) < 4.78 is 0. The van der Waals surface area contributed by atoms with Crippen LogP contribution in [0.15, 0.2) is 48.9 Å². The van der Waals surface area contributed by atoms with Gasteiger partial charge in [0, 0.05) is 11.6 Å². The van der Waals surface area contributed by atoms with Crippen LogP contribution in [0.5, 0.6) is 0 Å². The van der Waals surface area contributed by atoms with Gasteiger partial charge in [0.2, 0.25) is 0 Å². The average Bonchev–Trinajstić information content (AvgIpc) is 2.46. The predicted molar refractivity (Wildman–Crippen MR) is 75.8 cm³/mol. The molecule has 19 heavy (non-hydrogen) atoms. The number of benzene rings is 1. The summed E-state index contributed by atoms with van der Waals surface area (Å²) >= 11 is 0. The van der Waals surface area contributed by atoms with E-state index in [1.165, 1.54) is 5.56 Å². The Bertz CT molecular complexity index is 690. The molecule has 0 bridgehead atoms. The van der Waals surface area contributed by atoms with Gasteiger partial charge in [-0.15, -0.1) is 0 Å².